The summed E-state index contributed by atoms with van der Waals surface area (Å²) in [6.45, 7) is 2.78. The molecular weight excluding hydrogens is 392 g/mol. The lowest BCUT2D eigenvalue weighted by Gasteiger charge is -2.09. The lowest BCUT2D eigenvalue weighted by molar-refractivity contribution is -0.613. The van der Waals surface area contributed by atoms with E-state index in [1.165, 1.54) is 49.5 Å². The van der Waals surface area contributed by atoms with Gasteiger partial charge in [0.05, 0.1) is 6.20 Å². The number of benzene rings is 2. The number of carbonyl (C=O) groups excluding carboxylic acids is 3. The Bertz CT molecular complexity index is 1110. The minimum absolute atomic E-state index is 0.0829. The zero-order chi connectivity index (χ0) is 21.7. The molecule has 0 saturated carbocycles. The van der Waals surface area contributed by atoms with Gasteiger partial charge in [0.2, 0.25) is 17.6 Å². The van der Waals surface area contributed by atoms with Crippen LogP contribution in [0.15, 0.2) is 60.9 Å². The summed E-state index contributed by atoms with van der Waals surface area (Å²) in [6, 6.07) is 11.8. The number of rotatable bonds is 5. The van der Waals surface area contributed by atoms with Crippen molar-refractivity contribution in [3.63, 3.8) is 0 Å². The molecule has 9 heteroatoms. The molecule has 2 aromatic carbocycles. The van der Waals surface area contributed by atoms with Gasteiger partial charge >= 0.3 is 17.9 Å². The van der Waals surface area contributed by atoms with Gasteiger partial charge in [0.1, 0.15) is 22.8 Å². The molecule has 9 nitrogen and oxygen atoms in total. The molecule has 152 valence electrons. The van der Waals surface area contributed by atoms with E-state index in [1.54, 1.807) is 19.1 Å². The fourth-order valence-electron chi connectivity index (χ4n) is 2.35. The van der Waals surface area contributed by atoms with Gasteiger partial charge in [0.25, 0.3) is 0 Å². The Kier molecular flexibility index (Phi) is 6.02. The molecule has 0 amide bonds. The first-order chi connectivity index (χ1) is 14.3. The third-order valence-corrected chi connectivity index (χ3v) is 3.79. The van der Waals surface area contributed by atoms with E-state index in [9.17, 15) is 19.6 Å². The average Bonchev–Trinajstić information content (AvgIpc) is 2.71. The molecule has 0 bridgehead atoms. The minimum Gasteiger partial charge on any atom is -0.618 e. The molecule has 0 atom stereocenters. The summed E-state index contributed by atoms with van der Waals surface area (Å²) in [5.41, 5.74) is 0.278. The third-order valence-electron chi connectivity index (χ3n) is 3.79. The Morgan fingerprint density at radius 2 is 1.50 bits per heavy atom. The summed E-state index contributed by atoms with van der Waals surface area (Å²) in [4.78, 5) is 39.5. The second kappa shape index (κ2) is 8.82. The number of carbonyl (C=O) groups is 3. The summed E-state index contributed by atoms with van der Waals surface area (Å²) in [7, 11) is 0. The van der Waals surface area contributed by atoms with Gasteiger partial charge in [-0.05, 0) is 36.4 Å². The predicted molar refractivity (Wildman–Crippen MR) is 102 cm³/mol. The minimum atomic E-state index is -0.806. The highest BCUT2D eigenvalue weighted by molar-refractivity contribution is 5.94. The fraction of sp³-hybridized carbons (Fsp3) is 0.0952. The van der Waals surface area contributed by atoms with Crippen molar-refractivity contribution in [1.29, 1.82) is 0 Å². The van der Waals surface area contributed by atoms with Crippen LogP contribution < -0.4 is 18.9 Å². The standard InChI is InChI=1S/C21H16N2O7/c1-13-11-22-18(12-23(13)27)21(26)30-16-9-7-15(8-10-16)29-20(25)17-5-3-4-6-19(17)28-14(2)24/h3-12H,1-2H3. The fourth-order valence-corrected chi connectivity index (χ4v) is 2.35. The van der Waals surface area contributed by atoms with Crippen molar-refractivity contribution in [1.82, 2.24) is 4.98 Å². The zero-order valence-corrected chi connectivity index (χ0v) is 16.0. The first kappa shape index (κ1) is 20.5. The molecule has 0 aliphatic rings. The van der Waals surface area contributed by atoms with Crippen LogP contribution in [0.25, 0.3) is 0 Å². The predicted octanol–water partition coefficient (Wildman–Crippen LogP) is 2.39. The molecule has 3 rings (SSSR count). The van der Waals surface area contributed by atoms with Crippen LogP contribution in [0.1, 0.15) is 33.5 Å². The van der Waals surface area contributed by atoms with Crippen LogP contribution in [-0.4, -0.2) is 22.9 Å². The van der Waals surface area contributed by atoms with E-state index in [-0.39, 0.29) is 28.5 Å². The molecule has 3 aromatic rings. The molecular formula is C21H16N2O7. The number of aryl methyl sites for hydroxylation is 1. The van der Waals surface area contributed by atoms with Crippen molar-refractivity contribution in [3.05, 3.63) is 83.1 Å². The molecule has 0 aliphatic heterocycles. The van der Waals surface area contributed by atoms with E-state index in [2.05, 4.69) is 4.98 Å². The van der Waals surface area contributed by atoms with Crippen LogP contribution in [0.2, 0.25) is 0 Å². The second-order valence-corrected chi connectivity index (χ2v) is 6.08. The summed E-state index contributed by atoms with van der Waals surface area (Å²) in [5, 5.41) is 11.5. The maximum Gasteiger partial charge on any atom is 0.368 e. The van der Waals surface area contributed by atoms with E-state index in [1.807, 2.05) is 0 Å². The Hall–Kier alpha value is -4.27. The van der Waals surface area contributed by atoms with Crippen LogP contribution in [0.4, 0.5) is 0 Å². The quantitative estimate of drug-likeness (QED) is 0.273. The lowest BCUT2D eigenvalue weighted by Crippen LogP contribution is -2.32. The second-order valence-electron chi connectivity index (χ2n) is 6.08. The van der Waals surface area contributed by atoms with Crippen LogP contribution in [0.3, 0.4) is 0 Å². The Balaban J connectivity index is 1.67. The van der Waals surface area contributed by atoms with Crippen LogP contribution in [0, 0.1) is 12.1 Å². The number of para-hydroxylation sites is 1. The van der Waals surface area contributed by atoms with Crippen molar-refractivity contribution >= 4 is 17.9 Å². The van der Waals surface area contributed by atoms with Gasteiger partial charge in [-0.2, -0.15) is 4.73 Å². The summed E-state index contributed by atoms with van der Waals surface area (Å²) in [5.74, 6) is -1.66. The highest BCUT2D eigenvalue weighted by atomic mass is 16.6. The number of aromatic nitrogens is 2. The van der Waals surface area contributed by atoms with E-state index >= 15 is 0 Å². The van der Waals surface area contributed by atoms with Crippen molar-refractivity contribution in [2.45, 2.75) is 13.8 Å². The summed E-state index contributed by atoms with van der Waals surface area (Å²) < 4.78 is 15.9. The first-order valence-electron chi connectivity index (χ1n) is 8.71. The van der Waals surface area contributed by atoms with E-state index in [0.29, 0.717) is 10.4 Å². The van der Waals surface area contributed by atoms with Gasteiger partial charge in [-0.15, -0.1) is 0 Å². The topological polar surface area (TPSA) is 119 Å². The smallest absolute Gasteiger partial charge is 0.368 e. The molecule has 0 N–H and O–H groups in total. The van der Waals surface area contributed by atoms with Gasteiger partial charge in [-0.3, -0.25) is 4.79 Å². The Labute approximate surface area is 171 Å². The maximum absolute atomic E-state index is 12.4. The molecule has 1 heterocycles. The SMILES string of the molecule is CC(=O)Oc1ccccc1C(=O)Oc1ccc(OC(=O)c2c[n+]([O-])c(C)cn2)cc1. The van der Waals surface area contributed by atoms with Crippen LogP contribution in [-0.2, 0) is 4.79 Å². The molecule has 1 aromatic heterocycles. The van der Waals surface area contributed by atoms with Crippen molar-refractivity contribution < 1.29 is 33.3 Å². The maximum atomic E-state index is 12.4. The van der Waals surface area contributed by atoms with Gasteiger partial charge < -0.3 is 19.4 Å². The van der Waals surface area contributed by atoms with Gasteiger partial charge in [0.15, 0.2) is 0 Å². The summed E-state index contributed by atoms with van der Waals surface area (Å²) in [6.07, 6.45) is 2.29. The zero-order valence-electron chi connectivity index (χ0n) is 16.0. The highest BCUT2D eigenvalue weighted by Gasteiger charge is 2.17. The van der Waals surface area contributed by atoms with Crippen molar-refractivity contribution in [2.24, 2.45) is 0 Å². The molecule has 0 aliphatic carbocycles. The number of esters is 3. The van der Waals surface area contributed by atoms with Gasteiger partial charge in [0, 0.05) is 13.8 Å². The molecule has 0 unspecified atom stereocenters. The van der Waals surface area contributed by atoms with E-state index in [4.69, 9.17) is 14.2 Å². The number of nitrogens with zero attached hydrogens (tertiary/aromatic N) is 2. The Morgan fingerprint density at radius 3 is 2.10 bits per heavy atom. The van der Waals surface area contributed by atoms with Crippen molar-refractivity contribution in [2.75, 3.05) is 0 Å². The Morgan fingerprint density at radius 1 is 0.900 bits per heavy atom. The normalized spacial score (nSPS) is 10.2. The number of hydrogen-bond acceptors (Lipinski definition) is 8. The summed E-state index contributed by atoms with van der Waals surface area (Å²) >= 11 is 0. The molecule has 0 spiro atoms. The molecule has 0 radical (unpaired) electrons. The average molecular weight is 408 g/mol. The monoisotopic (exact) mass is 408 g/mol. The van der Waals surface area contributed by atoms with Crippen LogP contribution in [0.5, 0.6) is 17.2 Å². The van der Waals surface area contributed by atoms with E-state index < -0.39 is 17.9 Å². The number of hydrogen-bond donors (Lipinski definition) is 0. The van der Waals surface area contributed by atoms with E-state index in [0.717, 1.165) is 6.20 Å². The number of ether oxygens (including phenoxy) is 3. The van der Waals surface area contributed by atoms with Gasteiger partial charge in [-0.25, -0.2) is 14.6 Å². The van der Waals surface area contributed by atoms with Crippen LogP contribution >= 0.6 is 0 Å². The molecule has 30 heavy (non-hydrogen) atoms. The first-order valence-corrected chi connectivity index (χ1v) is 8.71. The molecule has 0 fully saturated rings. The lowest BCUT2D eigenvalue weighted by atomic mass is 10.2. The highest BCUT2D eigenvalue weighted by Crippen LogP contribution is 2.23. The van der Waals surface area contributed by atoms with Gasteiger partial charge in [-0.1, -0.05) is 12.1 Å². The molecule has 0 saturated heterocycles. The largest absolute Gasteiger partial charge is 0.618 e. The van der Waals surface area contributed by atoms with Crippen molar-refractivity contribution in [3.8, 4) is 17.2 Å². The third kappa shape index (κ3) is 4.96.